The van der Waals surface area contributed by atoms with Gasteiger partial charge in [0, 0.05) is 24.8 Å². The van der Waals surface area contributed by atoms with Gasteiger partial charge in [-0.25, -0.2) is 4.39 Å². The Balaban J connectivity index is 3.09. The van der Waals surface area contributed by atoms with E-state index in [2.05, 4.69) is 11.0 Å². The molecule has 0 bridgehead atoms. The number of hydrogen-bond acceptors (Lipinski definition) is 3. The van der Waals surface area contributed by atoms with E-state index in [1.165, 1.54) is 12.1 Å². The zero-order chi connectivity index (χ0) is 13.7. The number of rotatable bonds is 5. The quantitative estimate of drug-likeness (QED) is 0.873. The summed E-state index contributed by atoms with van der Waals surface area (Å²) in [6, 6.07) is 6.62. The molecule has 0 aliphatic carbocycles. The maximum absolute atomic E-state index is 13.3. The molecule has 1 unspecified atom stereocenters. The Morgan fingerprint density at radius 3 is 2.61 bits per heavy atom. The Morgan fingerprint density at radius 2 is 2.11 bits per heavy atom. The van der Waals surface area contributed by atoms with Gasteiger partial charge in [0.15, 0.2) is 0 Å². The van der Waals surface area contributed by atoms with Crippen LogP contribution in [-0.4, -0.2) is 13.1 Å². The molecule has 0 radical (unpaired) electrons. The molecule has 18 heavy (non-hydrogen) atoms. The zero-order valence-electron chi connectivity index (χ0n) is 11.2. The number of halogens is 1. The first kappa shape index (κ1) is 14.5. The maximum Gasteiger partial charge on any atom is 0.123 e. The normalized spacial score (nSPS) is 13.8. The van der Waals surface area contributed by atoms with Gasteiger partial charge < -0.3 is 10.6 Å². The molecule has 0 aliphatic rings. The fourth-order valence-electron chi connectivity index (χ4n) is 1.95. The lowest BCUT2D eigenvalue weighted by Crippen LogP contribution is -2.29. The third-order valence-electron chi connectivity index (χ3n) is 2.92. The lowest BCUT2D eigenvalue weighted by atomic mass is 10.0. The molecule has 1 aromatic rings. The summed E-state index contributed by atoms with van der Waals surface area (Å²) in [4.78, 5) is 2.06. The maximum atomic E-state index is 13.3. The SMILES string of the molecule is CCN(CC(C)C#N)c1ccc(F)cc1[C@@H](C)N. The lowest BCUT2D eigenvalue weighted by Gasteiger charge is -2.27. The first-order valence-corrected chi connectivity index (χ1v) is 6.19. The molecule has 0 amide bonds. The predicted molar refractivity (Wildman–Crippen MR) is 71.7 cm³/mol. The molecule has 0 saturated heterocycles. The molecule has 98 valence electrons. The fraction of sp³-hybridized carbons (Fsp3) is 0.500. The summed E-state index contributed by atoms with van der Waals surface area (Å²) in [6.45, 7) is 7.10. The molecule has 3 nitrogen and oxygen atoms in total. The standard InChI is InChI=1S/C14H20FN3/c1-4-18(9-10(2)8-16)14-6-5-12(15)7-13(14)11(3)17/h5-7,10-11H,4,9,17H2,1-3H3/t10?,11-/m1/s1. The molecule has 0 aromatic heterocycles. The van der Waals surface area contributed by atoms with Crippen LogP contribution in [0.5, 0.6) is 0 Å². The fourth-order valence-corrected chi connectivity index (χ4v) is 1.95. The number of anilines is 1. The molecular weight excluding hydrogens is 229 g/mol. The first-order valence-electron chi connectivity index (χ1n) is 6.19. The summed E-state index contributed by atoms with van der Waals surface area (Å²) in [5.41, 5.74) is 7.57. The largest absolute Gasteiger partial charge is 0.370 e. The van der Waals surface area contributed by atoms with Crippen LogP contribution in [0.3, 0.4) is 0 Å². The first-order chi connectivity index (χ1) is 8.49. The molecule has 0 fully saturated rings. The van der Waals surface area contributed by atoms with Crippen LogP contribution in [0.1, 0.15) is 32.4 Å². The molecule has 0 aliphatic heterocycles. The molecule has 4 heteroatoms. The van der Waals surface area contributed by atoms with Gasteiger partial charge in [0.2, 0.25) is 0 Å². The van der Waals surface area contributed by atoms with Gasteiger partial charge in [-0.3, -0.25) is 0 Å². The zero-order valence-corrected chi connectivity index (χ0v) is 11.2. The van der Waals surface area contributed by atoms with E-state index < -0.39 is 0 Å². The van der Waals surface area contributed by atoms with Crippen molar-refractivity contribution in [3.05, 3.63) is 29.6 Å². The summed E-state index contributed by atoms with van der Waals surface area (Å²) < 4.78 is 13.3. The highest BCUT2D eigenvalue weighted by atomic mass is 19.1. The van der Waals surface area contributed by atoms with Crippen molar-refractivity contribution in [1.82, 2.24) is 0 Å². The Morgan fingerprint density at radius 1 is 1.44 bits per heavy atom. The van der Waals surface area contributed by atoms with Gasteiger partial charge in [0.25, 0.3) is 0 Å². The lowest BCUT2D eigenvalue weighted by molar-refractivity contribution is 0.619. The highest BCUT2D eigenvalue weighted by molar-refractivity contribution is 5.55. The van der Waals surface area contributed by atoms with Gasteiger partial charge in [-0.2, -0.15) is 5.26 Å². The van der Waals surface area contributed by atoms with Crippen molar-refractivity contribution >= 4 is 5.69 Å². The van der Waals surface area contributed by atoms with Crippen LogP contribution in [0.2, 0.25) is 0 Å². The average molecular weight is 249 g/mol. The van der Waals surface area contributed by atoms with Gasteiger partial charge in [-0.1, -0.05) is 0 Å². The van der Waals surface area contributed by atoms with Crippen LogP contribution in [0, 0.1) is 23.1 Å². The molecular formula is C14H20FN3. The number of hydrogen-bond donors (Lipinski definition) is 1. The van der Waals surface area contributed by atoms with Gasteiger partial charge in [0.05, 0.1) is 12.0 Å². The third kappa shape index (κ3) is 3.44. The van der Waals surface area contributed by atoms with Crippen molar-refractivity contribution in [2.75, 3.05) is 18.0 Å². The minimum absolute atomic E-state index is 0.0732. The second kappa shape index (κ2) is 6.36. The van der Waals surface area contributed by atoms with E-state index in [0.717, 1.165) is 17.8 Å². The van der Waals surface area contributed by atoms with Crippen molar-refractivity contribution in [2.45, 2.75) is 26.8 Å². The monoisotopic (exact) mass is 249 g/mol. The molecule has 0 saturated carbocycles. The van der Waals surface area contributed by atoms with E-state index in [-0.39, 0.29) is 17.8 Å². The second-order valence-corrected chi connectivity index (χ2v) is 4.56. The molecule has 2 atom stereocenters. The van der Waals surface area contributed by atoms with Gasteiger partial charge in [0.1, 0.15) is 5.82 Å². The number of nitrogens with two attached hydrogens (primary N) is 1. The van der Waals surface area contributed by atoms with Crippen LogP contribution >= 0.6 is 0 Å². The molecule has 1 rings (SSSR count). The third-order valence-corrected chi connectivity index (χ3v) is 2.92. The summed E-state index contributed by atoms with van der Waals surface area (Å²) >= 11 is 0. The Bertz CT molecular complexity index is 437. The van der Waals surface area contributed by atoms with Crippen molar-refractivity contribution in [3.8, 4) is 6.07 Å². The van der Waals surface area contributed by atoms with E-state index in [0.29, 0.717) is 6.54 Å². The van der Waals surface area contributed by atoms with E-state index in [1.807, 2.05) is 20.8 Å². The van der Waals surface area contributed by atoms with Crippen LogP contribution < -0.4 is 10.6 Å². The molecule has 1 aromatic carbocycles. The van der Waals surface area contributed by atoms with E-state index >= 15 is 0 Å². The second-order valence-electron chi connectivity index (χ2n) is 4.56. The van der Waals surface area contributed by atoms with Gasteiger partial charge in [-0.05, 0) is 44.5 Å². The minimum atomic E-state index is -0.282. The van der Waals surface area contributed by atoms with E-state index in [4.69, 9.17) is 11.0 Å². The Labute approximate surface area is 108 Å². The summed E-state index contributed by atoms with van der Waals surface area (Å²) in [7, 11) is 0. The molecule has 2 N–H and O–H groups in total. The smallest absolute Gasteiger partial charge is 0.123 e. The Hall–Kier alpha value is -1.60. The summed E-state index contributed by atoms with van der Waals surface area (Å²) in [6.07, 6.45) is 0. The van der Waals surface area contributed by atoms with Crippen LogP contribution in [-0.2, 0) is 0 Å². The predicted octanol–water partition coefficient (Wildman–Crippen LogP) is 2.83. The summed E-state index contributed by atoms with van der Waals surface area (Å²) in [5.74, 6) is -0.355. The molecule has 0 heterocycles. The van der Waals surface area contributed by atoms with Crippen LogP contribution in [0.25, 0.3) is 0 Å². The summed E-state index contributed by atoms with van der Waals surface area (Å²) in [5, 5.41) is 8.89. The van der Waals surface area contributed by atoms with Crippen molar-refractivity contribution < 1.29 is 4.39 Å². The van der Waals surface area contributed by atoms with Crippen LogP contribution in [0.15, 0.2) is 18.2 Å². The Kier molecular flexibility index (Phi) is 5.11. The van der Waals surface area contributed by atoms with Crippen molar-refractivity contribution in [2.24, 2.45) is 11.7 Å². The topological polar surface area (TPSA) is 53.0 Å². The number of benzene rings is 1. The van der Waals surface area contributed by atoms with E-state index in [9.17, 15) is 4.39 Å². The van der Waals surface area contributed by atoms with E-state index in [1.54, 1.807) is 6.07 Å². The van der Waals surface area contributed by atoms with Gasteiger partial charge >= 0.3 is 0 Å². The van der Waals surface area contributed by atoms with Crippen molar-refractivity contribution in [1.29, 1.82) is 5.26 Å². The van der Waals surface area contributed by atoms with Crippen LogP contribution in [0.4, 0.5) is 10.1 Å². The van der Waals surface area contributed by atoms with Gasteiger partial charge in [-0.15, -0.1) is 0 Å². The molecule has 0 spiro atoms. The number of nitriles is 1. The van der Waals surface area contributed by atoms with Crippen molar-refractivity contribution in [3.63, 3.8) is 0 Å². The highest BCUT2D eigenvalue weighted by Crippen LogP contribution is 2.26. The number of nitrogens with zero attached hydrogens (tertiary/aromatic N) is 2. The average Bonchev–Trinajstić information content (AvgIpc) is 2.35. The minimum Gasteiger partial charge on any atom is -0.370 e. The highest BCUT2D eigenvalue weighted by Gasteiger charge is 2.15.